The molecule has 0 spiro atoms. The molecule has 7 heterocycles. The largest absolute Gasteiger partial charge is 0.450 e. The van der Waals surface area contributed by atoms with Crippen molar-refractivity contribution in [2.24, 2.45) is 0 Å². The second kappa shape index (κ2) is 9.89. The number of H-pyrrole nitrogens is 2. The van der Waals surface area contributed by atoms with E-state index >= 15 is 0 Å². The summed E-state index contributed by atoms with van der Waals surface area (Å²) in [5.41, 5.74) is 6.13. The van der Waals surface area contributed by atoms with Crippen LogP contribution in [0.5, 0.6) is 11.5 Å². The highest BCUT2D eigenvalue weighted by Crippen LogP contribution is 2.47. The van der Waals surface area contributed by atoms with Crippen LogP contribution in [0, 0.1) is 0 Å². The number of anilines is 2. The first-order chi connectivity index (χ1) is 21.2. The lowest BCUT2D eigenvalue weighted by molar-refractivity contribution is 0.0301. The van der Waals surface area contributed by atoms with E-state index in [9.17, 15) is 0 Å². The maximum atomic E-state index is 6.57. The van der Waals surface area contributed by atoms with Gasteiger partial charge in [0.1, 0.15) is 0 Å². The second-order valence-corrected chi connectivity index (χ2v) is 11.7. The molecule has 43 heavy (non-hydrogen) atoms. The van der Waals surface area contributed by atoms with E-state index in [0.717, 1.165) is 106 Å². The van der Waals surface area contributed by atoms with Crippen LogP contribution in [0.3, 0.4) is 0 Å². The molecule has 3 aliphatic heterocycles. The molecule has 4 aromatic heterocycles. The molecule has 0 aliphatic carbocycles. The second-order valence-electron chi connectivity index (χ2n) is 11.7. The summed E-state index contributed by atoms with van der Waals surface area (Å²) in [4.78, 5) is 14.7. The number of unbranched alkanes of at least 4 members (excludes halogenated alkanes) is 1. The van der Waals surface area contributed by atoms with Crippen molar-refractivity contribution in [1.29, 1.82) is 0 Å². The minimum Gasteiger partial charge on any atom is -0.450 e. The highest BCUT2D eigenvalue weighted by Gasteiger charge is 2.38. The van der Waals surface area contributed by atoms with Crippen LogP contribution in [0.2, 0.25) is 0 Å². The molecule has 0 saturated carbocycles. The third-order valence-corrected chi connectivity index (χ3v) is 9.04. The highest BCUT2D eigenvalue weighted by molar-refractivity contribution is 5.86. The number of aromatic amines is 2. The Morgan fingerprint density at radius 2 is 1.35 bits per heavy atom. The van der Waals surface area contributed by atoms with Crippen LogP contribution in [-0.4, -0.2) is 73.6 Å². The van der Waals surface area contributed by atoms with Gasteiger partial charge in [-0.25, -0.2) is 9.97 Å². The van der Waals surface area contributed by atoms with Gasteiger partial charge in [0, 0.05) is 53.4 Å². The number of ether oxygens (including phenoxy) is 2. The Balaban J connectivity index is 1.04. The third kappa shape index (κ3) is 4.33. The van der Waals surface area contributed by atoms with E-state index in [1.165, 1.54) is 6.42 Å². The number of hydrogen-bond donors (Lipinski definition) is 2. The van der Waals surface area contributed by atoms with Gasteiger partial charge in [-0.05, 0) is 73.3 Å². The van der Waals surface area contributed by atoms with Gasteiger partial charge in [0.2, 0.25) is 0 Å². The van der Waals surface area contributed by atoms with Crippen LogP contribution in [0.4, 0.5) is 11.6 Å². The highest BCUT2D eigenvalue weighted by atomic mass is 16.5. The Morgan fingerprint density at radius 3 is 1.93 bits per heavy atom. The van der Waals surface area contributed by atoms with E-state index < -0.39 is 0 Å². The van der Waals surface area contributed by atoms with Gasteiger partial charge < -0.3 is 14.4 Å². The predicted molar refractivity (Wildman–Crippen MR) is 165 cm³/mol. The molecular weight excluding hydrogens is 540 g/mol. The SMILES string of the molecule is c1cc2[nH]ncc2cc1-c1cnc2c(c1)Oc1cc(-c3ccc4[nH]ncc4c3)cnc1N2CCCCN1C[C@H]2C[C@@H]1CO2. The number of aromatic nitrogens is 6. The molecule has 9 rings (SSSR count). The van der Waals surface area contributed by atoms with Gasteiger partial charge in [0.05, 0.1) is 36.1 Å². The first-order valence-electron chi connectivity index (χ1n) is 14.9. The first kappa shape index (κ1) is 24.8. The van der Waals surface area contributed by atoms with E-state index in [0.29, 0.717) is 12.1 Å². The lowest BCUT2D eigenvalue weighted by Crippen LogP contribution is -2.37. The molecule has 0 amide bonds. The van der Waals surface area contributed by atoms with Crippen molar-refractivity contribution in [3.63, 3.8) is 0 Å². The molecular formula is C33H30N8O2. The van der Waals surface area contributed by atoms with Crippen molar-refractivity contribution in [3.05, 3.63) is 73.3 Å². The van der Waals surface area contributed by atoms with Crippen molar-refractivity contribution in [3.8, 4) is 33.8 Å². The number of nitrogens with one attached hydrogen (secondary N) is 2. The van der Waals surface area contributed by atoms with Gasteiger partial charge in [-0.15, -0.1) is 0 Å². The zero-order valence-electron chi connectivity index (χ0n) is 23.5. The zero-order valence-corrected chi connectivity index (χ0v) is 23.5. The van der Waals surface area contributed by atoms with Crippen LogP contribution in [0.25, 0.3) is 44.1 Å². The monoisotopic (exact) mass is 570 g/mol. The maximum absolute atomic E-state index is 6.57. The summed E-state index contributed by atoms with van der Waals surface area (Å²) in [6, 6.07) is 17.3. The van der Waals surface area contributed by atoms with E-state index in [1.807, 2.05) is 36.9 Å². The summed E-state index contributed by atoms with van der Waals surface area (Å²) in [6.45, 7) is 3.86. The van der Waals surface area contributed by atoms with Crippen LogP contribution >= 0.6 is 0 Å². The minimum absolute atomic E-state index is 0.434. The van der Waals surface area contributed by atoms with E-state index in [2.05, 4.69) is 66.6 Å². The topological polar surface area (TPSA) is 108 Å². The molecule has 10 heteroatoms. The van der Waals surface area contributed by atoms with Crippen molar-refractivity contribution >= 4 is 33.4 Å². The lowest BCUT2D eigenvalue weighted by atomic mass is 10.0. The molecule has 3 aliphatic rings. The Bertz CT molecular complexity index is 1860. The lowest BCUT2D eigenvalue weighted by Gasteiger charge is -2.31. The average Bonchev–Trinajstić information content (AvgIpc) is 3.86. The van der Waals surface area contributed by atoms with Gasteiger partial charge in [-0.2, -0.15) is 10.2 Å². The molecule has 2 aromatic carbocycles. The van der Waals surface area contributed by atoms with Gasteiger partial charge in [0.25, 0.3) is 0 Å². The number of rotatable bonds is 7. The predicted octanol–water partition coefficient (Wildman–Crippen LogP) is 6.06. The van der Waals surface area contributed by atoms with Gasteiger partial charge in [-0.1, -0.05) is 12.1 Å². The van der Waals surface area contributed by atoms with Crippen LogP contribution < -0.4 is 9.64 Å². The van der Waals surface area contributed by atoms with Crippen molar-refractivity contribution < 1.29 is 9.47 Å². The van der Waals surface area contributed by atoms with Gasteiger partial charge >= 0.3 is 0 Å². The number of morpholine rings is 1. The Kier molecular flexibility index (Phi) is 5.70. The number of likely N-dealkylation sites (tertiary alicyclic amines) is 1. The maximum Gasteiger partial charge on any atom is 0.177 e. The van der Waals surface area contributed by atoms with Crippen LogP contribution in [0.15, 0.2) is 73.3 Å². The van der Waals surface area contributed by atoms with Gasteiger partial charge in [0.15, 0.2) is 23.1 Å². The molecule has 214 valence electrons. The smallest absolute Gasteiger partial charge is 0.177 e. The van der Waals surface area contributed by atoms with Crippen molar-refractivity contribution in [2.75, 3.05) is 31.1 Å². The molecule has 10 nitrogen and oxygen atoms in total. The Hall–Kier alpha value is -4.80. The number of benzene rings is 2. The normalized spacial score (nSPS) is 19.2. The number of hydrogen-bond acceptors (Lipinski definition) is 8. The Morgan fingerprint density at radius 1 is 0.721 bits per heavy atom. The van der Waals surface area contributed by atoms with Gasteiger partial charge in [-0.3, -0.25) is 15.1 Å². The fraction of sp³-hybridized carbons (Fsp3) is 0.273. The minimum atomic E-state index is 0.434. The molecule has 2 N–H and O–H groups in total. The average molecular weight is 571 g/mol. The van der Waals surface area contributed by atoms with Crippen LogP contribution in [0.1, 0.15) is 19.3 Å². The quantitative estimate of drug-likeness (QED) is 0.223. The third-order valence-electron chi connectivity index (χ3n) is 9.04. The number of fused-ring (bicyclic) bond motifs is 6. The summed E-state index contributed by atoms with van der Waals surface area (Å²) >= 11 is 0. The van der Waals surface area contributed by atoms with Crippen LogP contribution in [-0.2, 0) is 4.74 Å². The Labute approximate surface area is 247 Å². The summed E-state index contributed by atoms with van der Waals surface area (Å²) < 4.78 is 12.4. The van der Waals surface area contributed by atoms with E-state index in [4.69, 9.17) is 19.4 Å². The molecule has 2 bridgehead atoms. The number of pyridine rings is 2. The standard InChI is InChI=1S/C33H30N8O2/c1(7-40-18-27-13-26(40)19-42-27)2-8-41-32-30(11-22(14-34-32)20-3-5-28-24(9-20)16-36-38-28)43-31-12-23(15-35-33(31)41)21-4-6-29-25(10-21)17-37-39-29/h3-6,9-12,14-17,26-27H,1-2,7-8,13,18-19H2,(H,36,38)(H,37,39)/t26-,27-/m1/s1. The van der Waals surface area contributed by atoms with E-state index in [-0.39, 0.29) is 0 Å². The van der Waals surface area contributed by atoms with Crippen molar-refractivity contribution in [2.45, 2.75) is 31.4 Å². The summed E-state index contributed by atoms with van der Waals surface area (Å²) in [6.07, 6.45) is 11.3. The molecule has 2 atom stereocenters. The molecule has 0 unspecified atom stereocenters. The van der Waals surface area contributed by atoms with E-state index in [1.54, 1.807) is 0 Å². The van der Waals surface area contributed by atoms with Crippen molar-refractivity contribution in [1.82, 2.24) is 35.3 Å². The molecule has 6 aromatic rings. The molecule has 0 radical (unpaired) electrons. The summed E-state index contributed by atoms with van der Waals surface area (Å²) in [5, 5.41) is 16.5. The first-order valence-corrected chi connectivity index (χ1v) is 14.9. The fourth-order valence-corrected chi connectivity index (χ4v) is 6.76. The summed E-state index contributed by atoms with van der Waals surface area (Å²) in [5.74, 6) is 3.06. The fourth-order valence-electron chi connectivity index (χ4n) is 6.76. The number of nitrogens with zero attached hydrogens (tertiary/aromatic N) is 6. The molecule has 2 fully saturated rings. The summed E-state index contributed by atoms with van der Waals surface area (Å²) in [7, 11) is 0. The molecule has 2 saturated heterocycles. The zero-order chi connectivity index (χ0) is 28.3.